The van der Waals surface area contributed by atoms with E-state index in [-0.39, 0.29) is 7.92 Å². The first-order valence-corrected chi connectivity index (χ1v) is 11.6. The van der Waals surface area contributed by atoms with E-state index in [1.807, 2.05) is 0 Å². The van der Waals surface area contributed by atoms with Crippen molar-refractivity contribution >= 4 is 16.5 Å². The number of rotatable bonds is 2. The number of hydrogen-bond donors (Lipinski definition) is 0. The van der Waals surface area contributed by atoms with Gasteiger partial charge in [-0.05, 0) is 57.5 Å². The summed E-state index contributed by atoms with van der Waals surface area (Å²) in [6.07, 6.45) is 8.97. The molecule has 0 N–H and O–H groups in total. The average molecular weight is 330 g/mol. The van der Waals surface area contributed by atoms with Crippen molar-refractivity contribution in [1.29, 1.82) is 0 Å². The van der Waals surface area contributed by atoms with Crippen molar-refractivity contribution in [3.63, 3.8) is 0 Å². The average Bonchev–Trinajstić information content (AvgIpc) is 2.96. The van der Waals surface area contributed by atoms with Crippen LogP contribution >= 0.6 is 16.5 Å². The Bertz CT molecular complexity index is 370. The number of quaternary nitrogens is 1. The monoisotopic (exact) mass is 330 g/mol. The predicted octanol–water partition coefficient (Wildman–Crippen LogP) is 5.47. The van der Waals surface area contributed by atoms with E-state index in [9.17, 15) is 0 Å². The summed E-state index contributed by atoms with van der Waals surface area (Å²) in [5, 5.41) is 1.11. The zero-order valence-corrected chi connectivity index (χ0v) is 17.6. The maximum absolute atomic E-state index is 2.55. The van der Waals surface area contributed by atoms with E-state index in [0.717, 1.165) is 5.66 Å². The smallest absolute Gasteiger partial charge is 0.120 e. The molecule has 0 aromatic rings. The Morgan fingerprint density at radius 1 is 1.05 bits per heavy atom. The van der Waals surface area contributed by atoms with E-state index < -0.39 is 0 Å². The van der Waals surface area contributed by atoms with Crippen LogP contribution in [-0.4, -0.2) is 52.5 Å². The molecule has 0 aromatic carbocycles. The maximum Gasteiger partial charge on any atom is 0.120 e. The fourth-order valence-electron chi connectivity index (χ4n) is 4.55. The Labute approximate surface area is 136 Å². The Hall–Kier alpha value is 0.820. The molecule has 0 aliphatic carbocycles. The zero-order chi connectivity index (χ0) is 16.1. The van der Waals surface area contributed by atoms with Crippen molar-refractivity contribution in [2.45, 2.75) is 88.9 Å². The van der Waals surface area contributed by atoms with E-state index in [0.29, 0.717) is 16.0 Å². The fraction of sp³-hybridized carbons (Fsp3) is 1.00. The summed E-state index contributed by atoms with van der Waals surface area (Å²) in [6.45, 7) is 14.9. The molecule has 0 amide bonds. The van der Waals surface area contributed by atoms with Gasteiger partial charge in [-0.3, -0.25) is 0 Å². The predicted molar refractivity (Wildman–Crippen MR) is 102 cm³/mol. The van der Waals surface area contributed by atoms with Crippen molar-refractivity contribution < 1.29 is 4.48 Å². The molecule has 2 heterocycles. The fourth-order valence-corrected chi connectivity index (χ4v) is 11.4. The molecule has 124 valence electrons. The van der Waals surface area contributed by atoms with Crippen LogP contribution in [0.2, 0.25) is 0 Å². The minimum Gasteiger partial charge on any atom is -0.316 e. The van der Waals surface area contributed by atoms with E-state index in [1.165, 1.54) is 51.1 Å². The van der Waals surface area contributed by atoms with Crippen LogP contribution in [0.4, 0.5) is 0 Å². The highest BCUT2D eigenvalue weighted by molar-refractivity contribution is 7.61. The summed E-state index contributed by atoms with van der Waals surface area (Å²) in [7, 11) is 6.45. The van der Waals surface area contributed by atoms with Gasteiger partial charge in [-0.2, -0.15) is 0 Å². The SMILES string of the molecule is CC(C)(C)P1CCCC1C1([N+](C)(C)C(C)(C)C)CCCP1. The summed E-state index contributed by atoms with van der Waals surface area (Å²) >= 11 is 0. The largest absolute Gasteiger partial charge is 0.316 e. The van der Waals surface area contributed by atoms with Gasteiger partial charge in [-0.15, -0.1) is 0 Å². The van der Waals surface area contributed by atoms with E-state index in [1.54, 1.807) is 0 Å². The Balaban J connectivity index is 2.44. The molecule has 2 fully saturated rings. The third kappa shape index (κ3) is 2.97. The Kier molecular flexibility index (Phi) is 4.95. The molecule has 0 bridgehead atoms. The van der Waals surface area contributed by atoms with E-state index >= 15 is 0 Å². The minimum absolute atomic E-state index is 0.171. The third-order valence-electron chi connectivity index (χ3n) is 6.51. The Morgan fingerprint density at radius 2 is 1.67 bits per heavy atom. The molecule has 1 nitrogen and oxygen atoms in total. The van der Waals surface area contributed by atoms with Gasteiger partial charge in [-0.1, -0.05) is 37.3 Å². The molecule has 2 saturated heterocycles. The molecule has 4 unspecified atom stereocenters. The van der Waals surface area contributed by atoms with Crippen molar-refractivity contribution in [2.24, 2.45) is 0 Å². The summed E-state index contributed by atoms with van der Waals surface area (Å²) in [6, 6.07) is 0. The standard InChI is InChI=1S/C18H38NP2/c1-16(2,3)19(7,8)18(12-10-13-20-18)15-11-9-14-21(15)17(4,5)6/h15,20H,9-14H2,1-8H3/q+1. The highest BCUT2D eigenvalue weighted by Crippen LogP contribution is 2.69. The lowest BCUT2D eigenvalue weighted by molar-refractivity contribution is -0.968. The van der Waals surface area contributed by atoms with Crippen LogP contribution in [0.3, 0.4) is 0 Å². The van der Waals surface area contributed by atoms with Gasteiger partial charge in [0.15, 0.2) is 0 Å². The molecule has 4 atom stereocenters. The second-order valence-corrected chi connectivity index (χ2v) is 14.7. The number of nitrogens with zero attached hydrogens (tertiary/aromatic N) is 1. The first kappa shape index (κ1) is 18.2. The topological polar surface area (TPSA) is 0 Å². The summed E-state index contributed by atoms with van der Waals surface area (Å²) < 4.78 is 1.23. The quantitative estimate of drug-likeness (QED) is 0.465. The van der Waals surface area contributed by atoms with Gasteiger partial charge < -0.3 is 4.48 Å². The van der Waals surface area contributed by atoms with E-state index in [2.05, 4.69) is 55.6 Å². The summed E-state index contributed by atoms with van der Waals surface area (Å²) in [4.78, 5) is 0. The molecule has 0 saturated carbocycles. The first-order chi connectivity index (χ1) is 9.43. The molecule has 2 aliphatic heterocycles. The van der Waals surface area contributed by atoms with Crippen LogP contribution in [0.15, 0.2) is 0 Å². The second kappa shape index (κ2) is 5.72. The van der Waals surface area contributed by atoms with Crippen LogP contribution in [0.5, 0.6) is 0 Å². The molecule has 2 rings (SSSR count). The molecular weight excluding hydrogens is 292 g/mol. The zero-order valence-electron chi connectivity index (χ0n) is 15.7. The van der Waals surface area contributed by atoms with Crippen molar-refractivity contribution in [2.75, 3.05) is 26.4 Å². The van der Waals surface area contributed by atoms with Crippen LogP contribution < -0.4 is 0 Å². The molecule has 3 heteroatoms. The lowest BCUT2D eigenvalue weighted by Crippen LogP contribution is -2.68. The highest BCUT2D eigenvalue weighted by Gasteiger charge is 2.60. The Morgan fingerprint density at radius 3 is 2.10 bits per heavy atom. The van der Waals surface area contributed by atoms with Crippen LogP contribution in [0, 0.1) is 0 Å². The molecule has 0 radical (unpaired) electrons. The molecule has 2 aliphatic rings. The van der Waals surface area contributed by atoms with Gasteiger partial charge in [0.1, 0.15) is 5.28 Å². The number of hydrogen-bond acceptors (Lipinski definition) is 0. The normalized spacial score (nSPS) is 36.6. The van der Waals surface area contributed by atoms with Crippen molar-refractivity contribution in [3.05, 3.63) is 0 Å². The van der Waals surface area contributed by atoms with Crippen LogP contribution in [0.1, 0.15) is 67.2 Å². The first-order valence-electron chi connectivity index (χ1n) is 8.79. The van der Waals surface area contributed by atoms with Crippen molar-refractivity contribution in [3.8, 4) is 0 Å². The lowest BCUT2D eigenvalue weighted by atomic mass is 9.93. The van der Waals surface area contributed by atoms with Crippen LogP contribution in [0.25, 0.3) is 0 Å². The van der Waals surface area contributed by atoms with Gasteiger partial charge >= 0.3 is 0 Å². The molecular formula is C18H38NP2+. The summed E-state index contributed by atoms with van der Waals surface area (Å²) in [5.41, 5.74) is 1.35. The lowest BCUT2D eigenvalue weighted by Gasteiger charge is -2.59. The third-order valence-corrected chi connectivity index (χ3v) is 13.1. The van der Waals surface area contributed by atoms with Crippen molar-refractivity contribution in [1.82, 2.24) is 0 Å². The van der Waals surface area contributed by atoms with Gasteiger partial charge in [0.25, 0.3) is 0 Å². The molecule has 21 heavy (non-hydrogen) atoms. The van der Waals surface area contributed by atoms with Gasteiger partial charge in [-0.25, -0.2) is 0 Å². The van der Waals surface area contributed by atoms with Gasteiger partial charge in [0.2, 0.25) is 0 Å². The van der Waals surface area contributed by atoms with Gasteiger partial charge in [0.05, 0.1) is 19.6 Å². The minimum atomic E-state index is 0.171. The maximum atomic E-state index is 2.55. The van der Waals surface area contributed by atoms with Gasteiger partial charge in [0, 0.05) is 12.1 Å². The molecule has 0 aromatic heterocycles. The highest BCUT2D eigenvalue weighted by atomic mass is 31.1. The van der Waals surface area contributed by atoms with E-state index in [4.69, 9.17) is 0 Å². The second-order valence-electron chi connectivity index (χ2n) is 9.60. The van der Waals surface area contributed by atoms with Crippen LogP contribution in [-0.2, 0) is 0 Å². The summed E-state index contributed by atoms with van der Waals surface area (Å²) in [5.74, 6) is 0. The molecule has 0 spiro atoms.